The predicted molar refractivity (Wildman–Crippen MR) is 75.9 cm³/mol. The fraction of sp³-hybridized carbons (Fsp3) is 0.267. The van der Waals surface area contributed by atoms with E-state index in [1.165, 1.54) is 11.3 Å². The lowest BCUT2D eigenvalue weighted by Gasteiger charge is -2.24. The number of aromatic nitrogens is 1. The molecule has 0 saturated carbocycles. The molecule has 1 aromatic carbocycles. The summed E-state index contributed by atoms with van der Waals surface area (Å²) in [5, 5.41) is 3.43. The number of para-hydroxylation sites is 1. The Balaban J connectivity index is 2.09. The number of benzene rings is 1. The zero-order chi connectivity index (χ0) is 13.1. The van der Waals surface area contributed by atoms with Crippen molar-refractivity contribution in [2.24, 2.45) is 0 Å². The topological polar surface area (TPSA) is 37.4 Å². The third kappa shape index (κ3) is 2.27. The van der Waals surface area contributed by atoms with Crippen LogP contribution < -0.4 is 15.0 Å². The molecule has 0 bridgehead atoms. The van der Waals surface area contributed by atoms with Crippen LogP contribution in [0.3, 0.4) is 0 Å². The third-order valence-corrected chi connectivity index (χ3v) is 3.34. The highest BCUT2D eigenvalue weighted by atomic mass is 16.5. The number of anilines is 2. The molecule has 1 N–H and O–H groups in total. The van der Waals surface area contributed by atoms with Gasteiger partial charge in [0.15, 0.2) is 11.6 Å². The smallest absolute Gasteiger partial charge is 0.175 e. The Morgan fingerprint density at radius 3 is 3.00 bits per heavy atom. The second-order valence-electron chi connectivity index (χ2n) is 4.49. The molecule has 0 fully saturated rings. The minimum absolute atomic E-state index is 0.805. The molecule has 2 aromatic rings. The van der Waals surface area contributed by atoms with Crippen molar-refractivity contribution in [3.05, 3.63) is 48.2 Å². The fourth-order valence-electron chi connectivity index (χ4n) is 2.42. The molecule has 0 saturated heterocycles. The fourth-order valence-corrected chi connectivity index (χ4v) is 2.42. The van der Waals surface area contributed by atoms with Crippen molar-refractivity contribution >= 4 is 11.5 Å². The molecule has 98 valence electrons. The number of ether oxygens (including phenoxy) is 1. The molecule has 0 amide bonds. The van der Waals surface area contributed by atoms with Crippen molar-refractivity contribution in [1.82, 2.24) is 10.3 Å². The maximum atomic E-state index is 5.43. The molecular weight excluding hydrogens is 238 g/mol. The average molecular weight is 255 g/mol. The third-order valence-electron chi connectivity index (χ3n) is 3.34. The monoisotopic (exact) mass is 255 g/mol. The van der Waals surface area contributed by atoms with Crippen LogP contribution in [0.1, 0.15) is 5.56 Å². The summed E-state index contributed by atoms with van der Waals surface area (Å²) in [7, 11) is 1.68. The van der Waals surface area contributed by atoms with Crippen molar-refractivity contribution in [3.63, 3.8) is 0 Å². The van der Waals surface area contributed by atoms with Crippen molar-refractivity contribution in [2.45, 2.75) is 6.54 Å². The van der Waals surface area contributed by atoms with Gasteiger partial charge >= 0.3 is 0 Å². The SMILES string of the molecule is COc1cccnc1N1CCNCc2ccccc21. The van der Waals surface area contributed by atoms with Crippen molar-refractivity contribution in [1.29, 1.82) is 0 Å². The molecule has 1 aliphatic heterocycles. The molecule has 3 rings (SSSR count). The highest BCUT2D eigenvalue weighted by molar-refractivity contribution is 5.68. The van der Waals surface area contributed by atoms with Gasteiger partial charge in [-0.1, -0.05) is 18.2 Å². The maximum Gasteiger partial charge on any atom is 0.175 e. The highest BCUT2D eigenvalue weighted by Gasteiger charge is 2.19. The molecule has 2 heterocycles. The van der Waals surface area contributed by atoms with Gasteiger partial charge < -0.3 is 15.0 Å². The summed E-state index contributed by atoms with van der Waals surface area (Å²) in [6, 6.07) is 12.3. The van der Waals surface area contributed by atoms with Gasteiger partial charge in [-0.25, -0.2) is 4.98 Å². The molecule has 19 heavy (non-hydrogen) atoms. The Kier molecular flexibility index (Phi) is 3.33. The van der Waals surface area contributed by atoms with Gasteiger partial charge in [-0.05, 0) is 23.8 Å². The molecule has 0 spiro atoms. The van der Waals surface area contributed by atoms with Crippen molar-refractivity contribution in [2.75, 3.05) is 25.1 Å². The summed E-state index contributed by atoms with van der Waals surface area (Å²) in [4.78, 5) is 6.70. The van der Waals surface area contributed by atoms with Crippen LogP contribution in [0.5, 0.6) is 5.75 Å². The van der Waals surface area contributed by atoms with Crippen LogP contribution in [0, 0.1) is 0 Å². The number of methoxy groups -OCH3 is 1. The Morgan fingerprint density at radius 1 is 1.21 bits per heavy atom. The number of nitrogens with zero attached hydrogens (tertiary/aromatic N) is 2. The first-order valence-corrected chi connectivity index (χ1v) is 6.45. The minimum atomic E-state index is 0.805. The minimum Gasteiger partial charge on any atom is -0.493 e. The van der Waals surface area contributed by atoms with Crippen LogP contribution in [-0.4, -0.2) is 25.2 Å². The Bertz CT molecular complexity index is 571. The maximum absolute atomic E-state index is 5.43. The molecule has 0 radical (unpaired) electrons. The van der Waals surface area contributed by atoms with Crippen molar-refractivity contribution < 1.29 is 4.74 Å². The van der Waals surface area contributed by atoms with E-state index in [0.717, 1.165) is 31.2 Å². The van der Waals surface area contributed by atoms with E-state index in [1.807, 2.05) is 12.1 Å². The highest BCUT2D eigenvalue weighted by Crippen LogP contribution is 2.33. The standard InChI is InChI=1S/C15H17N3O/c1-19-14-7-4-8-17-15(14)18-10-9-16-11-12-5-2-3-6-13(12)18/h2-8,16H,9-11H2,1H3. The van der Waals surface area contributed by atoms with Gasteiger partial charge in [0.2, 0.25) is 0 Å². The summed E-state index contributed by atoms with van der Waals surface area (Å²) in [5.41, 5.74) is 2.48. The first kappa shape index (κ1) is 12.0. The number of hydrogen-bond acceptors (Lipinski definition) is 4. The Labute approximate surface area is 113 Å². The summed E-state index contributed by atoms with van der Waals surface area (Å²) in [5.74, 6) is 1.68. The predicted octanol–water partition coefficient (Wildman–Crippen LogP) is 2.33. The number of pyridine rings is 1. The molecule has 0 atom stereocenters. The summed E-state index contributed by atoms with van der Waals surface area (Å²) >= 11 is 0. The molecule has 0 unspecified atom stereocenters. The quantitative estimate of drug-likeness (QED) is 0.893. The lowest BCUT2D eigenvalue weighted by Crippen LogP contribution is -2.25. The molecule has 4 nitrogen and oxygen atoms in total. The average Bonchev–Trinajstić information content (AvgIpc) is 2.69. The van der Waals surface area contributed by atoms with Gasteiger partial charge in [-0.2, -0.15) is 0 Å². The van der Waals surface area contributed by atoms with Gasteiger partial charge in [0.25, 0.3) is 0 Å². The van der Waals surface area contributed by atoms with Crippen LogP contribution in [0.2, 0.25) is 0 Å². The largest absolute Gasteiger partial charge is 0.493 e. The second-order valence-corrected chi connectivity index (χ2v) is 4.49. The molecule has 4 heteroatoms. The van der Waals surface area contributed by atoms with E-state index < -0.39 is 0 Å². The first-order valence-electron chi connectivity index (χ1n) is 6.45. The van der Waals surface area contributed by atoms with Gasteiger partial charge in [0, 0.05) is 31.5 Å². The normalized spacial score (nSPS) is 14.7. The van der Waals surface area contributed by atoms with E-state index in [9.17, 15) is 0 Å². The molecule has 1 aliphatic rings. The second kappa shape index (κ2) is 5.28. The van der Waals surface area contributed by atoms with Crippen LogP contribution in [0.15, 0.2) is 42.6 Å². The van der Waals surface area contributed by atoms with Gasteiger partial charge in [-0.15, -0.1) is 0 Å². The van der Waals surface area contributed by atoms with Crippen LogP contribution >= 0.6 is 0 Å². The number of rotatable bonds is 2. The van der Waals surface area contributed by atoms with E-state index >= 15 is 0 Å². The van der Waals surface area contributed by atoms with E-state index in [4.69, 9.17) is 4.74 Å². The van der Waals surface area contributed by atoms with Crippen LogP contribution in [0.25, 0.3) is 0 Å². The zero-order valence-electron chi connectivity index (χ0n) is 11.0. The summed E-state index contributed by atoms with van der Waals surface area (Å²) in [6.07, 6.45) is 1.80. The zero-order valence-corrected chi connectivity index (χ0v) is 11.0. The molecular formula is C15H17N3O. The first-order chi connectivity index (χ1) is 9.40. The number of nitrogens with one attached hydrogen (secondary N) is 1. The van der Waals surface area contributed by atoms with E-state index in [-0.39, 0.29) is 0 Å². The molecule has 1 aromatic heterocycles. The summed E-state index contributed by atoms with van der Waals surface area (Å²) < 4.78 is 5.43. The number of hydrogen-bond donors (Lipinski definition) is 1. The molecule has 0 aliphatic carbocycles. The van der Waals surface area contributed by atoms with E-state index in [2.05, 4.69) is 39.5 Å². The Morgan fingerprint density at radius 2 is 2.11 bits per heavy atom. The van der Waals surface area contributed by atoms with E-state index in [1.54, 1.807) is 13.3 Å². The van der Waals surface area contributed by atoms with Gasteiger partial charge in [0.05, 0.1) is 7.11 Å². The van der Waals surface area contributed by atoms with Crippen LogP contribution in [0.4, 0.5) is 11.5 Å². The van der Waals surface area contributed by atoms with Gasteiger partial charge in [-0.3, -0.25) is 0 Å². The Hall–Kier alpha value is -2.07. The number of fused-ring (bicyclic) bond motifs is 1. The summed E-state index contributed by atoms with van der Waals surface area (Å²) in [6.45, 7) is 2.70. The van der Waals surface area contributed by atoms with Crippen LogP contribution in [-0.2, 0) is 6.54 Å². The van der Waals surface area contributed by atoms with Gasteiger partial charge in [0.1, 0.15) is 0 Å². The lowest BCUT2D eigenvalue weighted by atomic mass is 10.1. The van der Waals surface area contributed by atoms with E-state index in [0.29, 0.717) is 0 Å². The van der Waals surface area contributed by atoms with Crippen molar-refractivity contribution in [3.8, 4) is 5.75 Å². The lowest BCUT2D eigenvalue weighted by molar-refractivity contribution is 0.413.